The zero-order chi connectivity index (χ0) is 17.6. The number of carbonyl (C=O) groups is 1. The van der Waals surface area contributed by atoms with Crippen LogP contribution >= 0.6 is 0 Å². The summed E-state index contributed by atoms with van der Waals surface area (Å²) in [6.07, 6.45) is 3.27. The fourth-order valence-corrected chi connectivity index (χ4v) is 3.17. The second-order valence-corrected chi connectivity index (χ2v) is 6.40. The Kier molecular flexibility index (Phi) is 5.51. The molecule has 1 aliphatic heterocycles. The SMILES string of the molecule is COc1ccc(NC(=O)[C@H](C)[NH+]2CC=C(c3ccccc3)CC2)cc1. The number of hydrogen-bond acceptors (Lipinski definition) is 2. The van der Waals surface area contributed by atoms with Gasteiger partial charge in [0.15, 0.2) is 6.04 Å². The van der Waals surface area contributed by atoms with E-state index < -0.39 is 0 Å². The second kappa shape index (κ2) is 7.99. The Bertz CT molecular complexity index is 738. The van der Waals surface area contributed by atoms with Crippen LogP contribution in [0.2, 0.25) is 0 Å². The molecule has 0 saturated carbocycles. The quantitative estimate of drug-likeness (QED) is 0.880. The smallest absolute Gasteiger partial charge is 0.282 e. The van der Waals surface area contributed by atoms with Gasteiger partial charge in [-0.1, -0.05) is 30.3 Å². The number of benzene rings is 2. The van der Waals surface area contributed by atoms with E-state index in [1.54, 1.807) is 7.11 Å². The van der Waals surface area contributed by atoms with Gasteiger partial charge >= 0.3 is 0 Å². The van der Waals surface area contributed by atoms with Gasteiger partial charge in [-0.25, -0.2) is 0 Å². The van der Waals surface area contributed by atoms with Crippen molar-refractivity contribution < 1.29 is 14.4 Å². The second-order valence-electron chi connectivity index (χ2n) is 6.40. The molecule has 3 rings (SSSR count). The molecule has 2 aromatic rings. The topological polar surface area (TPSA) is 42.8 Å². The number of rotatable bonds is 5. The van der Waals surface area contributed by atoms with Gasteiger partial charge in [0.2, 0.25) is 0 Å². The third kappa shape index (κ3) is 4.28. The van der Waals surface area contributed by atoms with Crippen LogP contribution in [0.15, 0.2) is 60.7 Å². The molecule has 2 N–H and O–H groups in total. The van der Waals surface area contributed by atoms with Crippen molar-refractivity contribution in [3.05, 3.63) is 66.2 Å². The van der Waals surface area contributed by atoms with Crippen molar-refractivity contribution in [3.8, 4) is 5.75 Å². The summed E-state index contributed by atoms with van der Waals surface area (Å²) < 4.78 is 5.14. The standard InChI is InChI=1S/C21H24N2O2/c1-16(21(24)22-19-8-10-20(25-2)11-9-19)23-14-12-18(13-15-23)17-6-4-3-5-7-17/h3-12,16H,13-15H2,1-2H3,(H,22,24)/p+1/t16-/m0/s1. The van der Waals surface area contributed by atoms with E-state index in [-0.39, 0.29) is 11.9 Å². The third-order valence-corrected chi connectivity index (χ3v) is 4.83. The molecule has 130 valence electrons. The van der Waals surface area contributed by atoms with Gasteiger partial charge in [-0.15, -0.1) is 0 Å². The van der Waals surface area contributed by atoms with Crippen LogP contribution < -0.4 is 15.0 Å². The Morgan fingerprint density at radius 3 is 2.44 bits per heavy atom. The van der Waals surface area contributed by atoms with Crippen LogP contribution in [0, 0.1) is 0 Å². The highest BCUT2D eigenvalue weighted by molar-refractivity contribution is 5.93. The van der Waals surface area contributed by atoms with Gasteiger partial charge in [0.1, 0.15) is 5.75 Å². The molecule has 4 nitrogen and oxygen atoms in total. The molecule has 0 aromatic heterocycles. The lowest BCUT2D eigenvalue weighted by atomic mass is 9.99. The summed E-state index contributed by atoms with van der Waals surface area (Å²) in [6.45, 7) is 3.84. The van der Waals surface area contributed by atoms with Crippen LogP contribution in [-0.2, 0) is 4.79 Å². The number of hydrogen-bond donors (Lipinski definition) is 2. The van der Waals surface area contributed by atoms with Crippen LogP contribution in [0.3, 0.4) is 0 Å². The lowest BCUT2D eigenvalue weighted by molar-refractivity contribution is -0.909. The number of amides is 1. The molecular weight excluding hydrogens is 312 g/mol. The first-order valence-corrected chi connectivity index (χ1v) is 8.71. The van der Waals surface area contributed by atoms with Gasteiger partial charge < -0.3 is 15.0 Å². The summed E-state index contributed by atoms with van der Waals surface area (Å²) in [6, 6.07) is 17.8. The van der Waals surface area contributed by atoms with Crippen LogP contribution in [0.1, 0.15) is 18.9 Å². The Hall–Kier alpha value is -2.59. The predicted octanol–water partition coefficient (Wildman–Crippen LogP) is 2.39. The Labute approximate surface area is 149 Å². The van der Waals surface area contributed by atoms with Gasteiger partial charge in [0, 0.05) is 12.1 Å². The molecule has 2 aromatic carbocycles. The van der Waals surface area contributed by atoms with E-state index in [1.165, 1.54) is 16.0 Å². The van der Waals surface area contributed by atoms with Crippen LogP contribution in [-0.4, -0.2) is 32.1 Å². The van der Waals surface area contributed by atoms with Crippen molar-refractivity contribution in [2.24, 2.45) is 0 Å². The molecule has 2 atom stereocenters. The molecule has 0 bridgehead atoms. The number of methoxy groups -OCH3 is 1. The fourth-order valence-electron chi connectivity index (χ4n) is 3.17. The summed E-state index contributed by atoms with van der Waals surface area (Å²) in [4.78, 5) is 13.8. The number of quaternary nitrogens is 1. The van der Waals surface area contributed by atoms with Gasteiger partial charge in [0.25, 0.3) is 5.91 Å². The van der Waals surface area contributed by atoms with Crippen molar-refractivity contribution in [2.75, 3.05) is 25.5 Å². The highest BCUT2D eigenvalue weighted by Crippen LogP contribution is 2.18. The van der Waals surface area contributed by atoms with Crippen LogP contribution in [0.5, 0.6) is 5.75 Å². The molecule has 1 heterocycles. The minimum absolute atomic E-state index is 0.0525. The van der Waals surface area contributed by atoms with Crippen molar-refractivity contribution in [1.82, 2.24) is 0 Å². The molecule has 1 unspecified atom stereocenters. The van der Waals surface area contributed by atoms with E-state index in [9.17, 15) is 4.79 Å². The van der Waals surface area contributed by atoms with Crippen LogP contribution in [0.25, 0.3) is 5.57 Å². The summed E-state index contributed by atoms with van der Waals surface area (Å²) in [5.74, 6) is 0.836. The molecule has 4 heteroatoms. The number of carbonyl (C=O) groups excluding carboxylic acids is 1. The molecule has 0 saturated heterocycles. The number of anilines is 1. The zero-order valence-corrected chi connectivity index (χ0v) is 14.8. The minimum atomic E-state index is -0.0873. The first-order valence-electron chi connectivity index (χ1n) is 8.71. The predicted molar refractivity (Wildman–Crippen MR) is 101 cm³/mol. The molecule has 1 aliphatic rings. The first kappa shape index (κ1) is 17.2. The molecule has 0 spiro atoms. The minimum Gasteiger partial charge on any atom is -0.497 e. The van der Waals surface area contributed by atoms with Gasteiger partial charge in [-0.3, -0.25) is 4.79 Å². The highest BCUT2D eigenvalue weighted by atomic mass is 16.5. The van der Waals surface area contributed by atoms with E-state index in [0.717, 1.165) is 30.9 Å². The molecule has 0 radical (unpaired) electrons. The fraction of sp³-hybridized carbons (Fsp3) is 0.286. The van der Waals surface area contributed by atoms with Crippen molar-refractivity contribution in [1.29, 1.82) is 0 Å². The lowest BCUT2D eigenvalue weighted by Gasteiger charge is -2.28. The average molecular weight is 337 g/mol. The highest BCUT2D eigenvalue weighted by Gasteiger charge is 2.27. The van der Waals surface area contributed by atoms with Crippen molar-refractivity contribution in [2.45, 2.75) is 19.4 Å². The third-order valence-electron chi connectivity index (χ3n) is 4.83. The van der Waals surface area contributed by atoms with Crippen molar-refractivity contribution in [3.63, 3.8) is 0 Å². The maximum absolute atomic E-state index is 12.5. The Morgan fingerprint density at radius 2 is 1.84 bits per heavy atom. The monoisotopic (exact) mass is 337 g/mol. The van der Waals surface area contributed by atoms with E-state index in [1.807, 2.05) is 37.3 Å². The molecular formula is C21H25N2O2+. The number of nitrogens with one attached hydrogen (secondary N) is 2. The summed E-state index contributed by atoms with van der Waals surface area (Å²) >= 11 is 0. The van der Waals surface area contributed by atoms with Gasteiger partial charge in [-0.2, -0.15) is 0 Å². The Balaban J connectivity index is 1.58. The van der Waals surface area contributed by atoms with E-state index in [4.69, 9.17) is 4.74 Å². The average Bonchev–Trinajstić information content (AvgIpc) is 2.69. The maximum atomic E-state index is 12.5. The lowest BCUT2D eigenvalue weighted by Crippen LogP contribution is -3.17. The maximum Gasteiger partial charge on any atom is 0.282 e. The Morgan fingerprint density at radius 1 is 1.12 bits per heavy atom. The molecule has 0 aliphatic carbocycles. The van der Waals surface area contributed by atoms with E-state index in [0.29, 0.717) is 0 Å². The van der Waals surface area contributed by atoms with Crippen molar-refractivity contribution >= 4 is 17.2 Å². The normalized spacial score (nSPS) is 18.2. The summed E-state index contributed by atoms with van der Waals surface area (Å²) in [5.41, 5.74) is 3.47. The molecule has 1 amide bonds. The molecule has 0 fully saturated rings. The zero-order valence-electron chi connectivity index (χ0n) is 14.8. The van der Waals surface area contributed by atoms with Gasteiger partial charge in [-0.05, 0) is 48.4 Å². The van der Waals surface area contributed by atoms with E-state index >= 15 is 0 Å². The summed E-state index contributed by atoms with van der Waals surface area (Å²) in [7, 11) is 1.63. The first-order chi connectivity index (χ1) is 12.2. The number of ether oxygens (including phenoxy) is 1. The largest absolute Gasteiger partial charge is 0.497 e. The summed E-state index contributed by atoms with van der Waals surface area (Å²) in [5, 5.41) is 3.00. The van der Waals surface area contributed by atoms with Gasteiger partial charge in [0.05, 0.1) is 20.2 Å². The molecule has 25 heavy (non-hydrogen) atoms. The van der Waals surface area contributed by atoms with Crippen LogP contribution in [0.4, 0.5) is 5.69 Å². The van der Waals surface area contributed by atoms with E-state index in [2.05, 4.69) is 35.7 Å².